The standard InChI is InChI=1S/C50H63N5O9.CH4O3S/c1-7-36-18-21-39(22-19-36)49(61)63-33-55(24-26-62-27-25-55)31-44(56)51-40(23-20-37-14-10-8-11-15-37)46(58)53-42(29-35(4)5)47(59)54-43(30-38-16-12-9-13-17-38)48(60)52-41(28-34(2)3)45(57)50(6)32-64-50;1-5(2,3)4/h1,8-19,21-22,34-35,40-43H,20,23-33H2,2-6H3,(H3-,51,52,53,54,56,58,59,60);1H3,(H,2,3,4)/t40-,41-,42-,43-,50+;/m0./s1. The van der Waals surface area contributed by atoms with Crippen molar-refractivity contribution in [3.05, 3.63) is 107 Å². The average Bonchev–Trinajstić information content (AvgIpc) is 4.06. The van der Waals surface area contributed by atoms with E-state index in [0.717, 1.165) is 11.1 Å². The van der Waals surface area contributed by atoms with Gasteiger partial charge < -0.3 is 40.0 Å². The number of ketones is 1. The van der Waals surface area contributed by atoms with E-state index in [1.54, 1.807) is 31.2 Å². The van der Waals surface area contributed by atoms with Crippen molar-refractivity contribution in [2.24, 2.45) is 11.8 Å². The highest BCUT2D eigenvalue weighted by Crippen LogP contribution is 2.30. The summed E-state index contributed by atoms with van der Waals surface area (Å²) >= 11 is 0. The molecule has 3 aromatic rings. The van der Waals surface area contributed by atoms with E-state index in [0.29, 0.717) is 56.5 Å². The summed E-state index contributed by atoms with van der Waals surface area (Å²) < 4.78 is 44.1. The van der Waals surface area contributed by atoms with E-state index in [2.05, 4.69) is 27.2 Å². The molecule has 69 heavy (non-hydrogen) atoms. The van der Waals surface area contributed by atoms with Crippen molar-refractivity contribution in [2.45, 2.75) is 96.5 Å². The second kappa shape index (κ2) is 26.1. The van der Waals surface area contributed by atoms with E-state index in [1.807, 2.05) is 88.4 Å². The number of hydrogen-bond acceptors (Lipinski definition) is 12. The Morgan fingerprint density at radius 1 is 0.754 bits per heavy atom. The minimum Gasteiger partial charge on any atom is -0.748 e. The number of esters is 1. The van der Waals surface area contributed by atoms with E-state index in [9.17, 15) is 28.8 Å². The summed E-state index contributed by atoms with van der Waals surface area (Å²) in [6.45, 7) is 11.0. The molecular weight excluding hydrogens is 907 g/mol. The van der Waals surface area contributed by atoms with Crippen molar-refractivity contribution in [2.75, 3.05) is 52.4 Å². The van der Waals surface area contributed by atoms with Crippen molar-refractivity contribution in [1.29, 1.82) is 0 Å². The summed E-state index contributed by atoms with van der Waals surface area (Å²) in [5, 5.41) is 11.7. The third-order valence-electron chi connectivity index (χ3n) is 11.6. The van der Waals surface area contributed by atoms with Gasteiger partial charge in [0.05, 0.1) is 41.5 Å². The smallest absolute Gasteiger partial charge is 0.342 e. The molecule has 0 aromatic heterocycles. The number of epoxide rings is 1. The first-order valence-electron chi connectivity index (χ1n) is 23.1. The predicted molar refractivity (Wildman–Crippen MR) is 257 cm³/mol. The molecule has 0 aliphatic carbocycles. The Kier molecular flexibility index (Phi) is 21.1. The topological polar surface area (TPSA) is 239 Å². The predicted octanol–water partition coefficient (Wildman–Crippen LogP) is 3.06. The molecule has 4 amide bonds. The molecule has 5 rings (SSSR count). The lowest BCUT2D eigenvalue weighted by atomic mass is 9.93. The van der Waals surface area contributed by atoms with E-state index in [1.165, 1.54) is 0 Å². The number of aryl methyl sites for hydroxylation is 1. The minimum atomic E-state index is -3.92. The van der Waals surface area contributed by atoms with Gasteiger partial charge in [0, 0.05) is 18.2 Å². The van der Waals surface area contributed by atoms with Gasteiger partial charge in [0.1, 0.15) is 36.8 Å². The van der Waals surface area contributed by atoms with Gasteiger partial charge in [0.15, 0.2) is 12.3 Å². The number of rotatable bonds is 23. The van der Waals surface area contributed by atoms with Crippen LogP contribution in [0.4, 0.5) is 0 Å². The Morgan fingerprint density at radius 2 is 1.25 bits per heavy atom. The third kappa shape index (κ3) is 19.5. The van der Waals surface area contributed by atoms with Crippen LogP contribution in [0.2, 0.25) is 0 Å². The molecule has 0 bridgehead atoms. The lowest BCUT2D eigenvalue weighted by Gasteiger charge is -2.39. The fourth-order valence-electron chi connectivity index (χ4n) is 7.71. The molecule has 0 unspecified atom stereocenters. The number of hydrogen-bond donors (Lipinski definition) is 4. The molecule has 0 saturated carbocycles. The second-order valence-corrected chi connectivity index (χ2v) is 20.1. The SMILES string of the molecule is C#Cc1ccc(C(=O)OC[N+]2(CC(=O)N[C@@H](CCc3ccccc3)C(=O)N[C@@H](CC(C)C)C(=O)N[C@@H](Cc3ccccc3)C(=O)N[C@@H](CC(C)C)C(=O)[C@@]3(C)CO3)CCOCC2)cc1.CS(=O)(=O)[O-]. The van der Waals surface area contributed by atoms with Crippen LogP contribution in [0.25, 0.3) is 0 Å². The monoisotopic (exact) mass is 973 g/mol. The van der Waals surface area contributed by atoms with Gasteiger partial charge in [0.25, 0.3) is 5.91 Å². The van der Waals surface area contributed by atoms with Crippen LogP contribution in [0.1, 0.15) is 80.9 Å². The lowest BCUT2D eigenvalue weighted by Crippen LogP contribution is -2.62. The number of amides is 4. The van der Waals surface area contributed by atoms with Crippen LogP contribution in [0.3, 0.4) is 0 Å². The maximum Gasteiger partial charge on any atom is 0.342 e. The Labute approximate surface area is 406 Å². The molecule has 17 nitrogen and oxygen atoms in total. The van der Waals surface area contributed by atoms with Gasteiger partial charge in [-0.25, -0.2) is 13.2 Å². The number of quaternary nitrogens is 1. The van der Waals surface area contributed by atoms with Gasteiger partial charge in [-0.1, -0.05) is 94.3 Å². The number of Topliss-reactive ketones (excluding diaryl/α,β-unsaturated/α-hetero) is 1. The molecule has 2 aliphatic rings. The first-order valence-corrected chi connectivity index (χ1v) is 24.9. The Bertz CT molecular complexity index is 2340. The van der Waals surface area contributed by atoms with Crippen LogP contribution in [-0.2, 0) is 61.1 Å². The summed E-state index contributed by atoms with van der Waals surface area (Å²) in [7, 11) is -3.92. The molecule has 18 heteroatoms. The summed E-state index contributed by atoms with van der Waals surface area (Å²) in [6.07, 6.45) is 7.48. The van der Waals surface area contributed by atoms with E-state index in [-0.39, 0.29) is 61.2 Å². The normalized spacial score (nSPS) is 17.9. The quantitative estimate of drug-likeness (QED) is 0.0353. The molecular formula is C51H67N5O12S. The summed E-state index contributed by atoms with van der Waals surface area (Å²) in [4.78, 5) is 83.4. The van der Waals surface area contributed by atoms with Crippen LogP contribution in [0.15, 0.2) is 84.9 Å². The highest BCUT2D eigenvalue weighted by molar-refractivity contribution is 7.84. The first kappa shape index (κ1) is 55.6. The molecule has 2 saturated heterocycles. The Balaban J connectivity index is 0.00000197. The molecule has 2 aliphatic heterocycles. The minimum absolute atomic E-state index is 0.0502. The largest absolute Gasteiger partial charge is 0.748 e. The highest BCUT2D eigenvalue weighted by atomic mass is 32.2. The number of nitrogens with zero attached hydrogens (tertiary/aromatic N) is 1. The van der Waals surface area contributed by atoms with Crippen molar-refractivity contribution in [3.63, 3.8) is 0 Å². The van der Waals surface area contributed by atoms with Crippen molar-refractivity contribution >= 4 is 45.5 Å². The molecule has 374 valence electrons. The first-order chi connectivity index (χ1) is 32.6. The van der Waals surface area contributed by atoms with E-state index < -0.39 is 69.5 Å². The number of morpholine rings is 1. The number of benzene rings is 3. The Morgan fingerprint density at radius 3 is 1.78 bits per heavy atom. The van der Waals surface area contributed by atoms with E-state index >= 15 is 0 Å². The summed E-state index contributed by atoms with van der Waals surface area (Å²) in [6, 6.07) is 21.2. The summed E-state index contributed by atoms with van der Waals surface area (Å²) in [5.41, 5.74) is 1.73. The van der Waals surface area contributed by atoms with Crippen LogP contribution in [0, 0.1) is 24.2 Å². The zero-order valence-corrected chi connectivity index (χ0v) is 41.2. The van der Waals surface area contributed by atoms with Gasteiger partial charge in [0.2, 0.25) is 24.5 Å². The third-order valence-corrected chi connectivity index (χ3v) is 11.6. The van der Waals surface area contributed by atoms with Gasteiger partial charge in [-0.05, 0) is 79.8 Å². The van der Waals surface area contributed by atoms with Gasteiger partial charge in [-0.3, -0.25) is 28.5 Å². The zero-order valence-electron chi connectivity index (χ0n) is 40.4. The van der Waals surface area contributed by atoms with Crippen LogP contribution in [-0.4, -0.2) is 135 Å². The lowest BCUT2D eigenvalue weighted by molar-refractivity contribution is -0.943. The second-order valence-electron chi connectivity index (χ2n) is 18.7. The van der Waals surface area contributed by atoms with Crippen molar-refractivity contribution in [1.82, 2.24) is 21.3 Å². The molecule has 4 N–H and O–H groups in total. The number of nitrogens with one attached hydrogen (secondary N) is 4. The van der Waals surface area contributed by atoms with Crippen LogP contribution < -0.4 is 21.3 Å². The summed E-state index contributed by atoms with van der Waals surface area (Å²) in [5.74, 6) is -0.341. The van der Waals surface area contributed by atoms with E-state index in [4.69, 9.17) is 33.6 Å². The highest BCUT2D eigenvalue weighted by Gasteiger charge is 2.50. The number of carbonyl (C=O) groups excluding carboxylic acids is 6. The van der Waals surface area contributed by atoms with Crippen molar-refractivity contribution < 1.29 is 60.4 Å². The molecule has 5 atom stereocenters. The van der Waals surface area contributed by atoms with Crippen LogP contribution in [0.5, 0.6) is 0 Å². The number of ether oxygens (including phenoxy) is 3. The molecule has 3 aromatic carbocycles. The average molecular weight is 974 g/mol. The number of terminal acetylenes is 1. The van der Waals surface area contributed by atoms with Gasteiger partial charge in [-0.2, -0.15) is 0 Å². The molecule has 2 heterocycles. The van der Waals surface area contributed by atoms with Crippen molar-refractivity contribution in [3.8, 4) is 12.3 Å². The zero-order chi connectivity index (χ0) is 50.8. The number of carbonyl (C=O) groups is 6. The van der Waals surface area contributed by atoms with Crippen LogP contribution >= 0.6 is 0 Å². The fourth-order valence-corrected chi connectivity index (χ4v) is 7.71. The molecule has 0 spiro atoms. The van der Waals surface area contributed by atoms with Gasteiger partial charge in [-0.15, -0.1) is 6.42 Å². The Hall–Kier alpha value is -5.97. The van der Waals surface area contributed by atoms with Gasteiger partial charge >= 0.3 is 5.97 Å². The molecule has 0 radical (unpaired) electrons. The molecule has 2 fully saturated rings. The maximum atomic E-state index is 14.4. The maximum absolute atomic E-state index is 14.4. The fraction of sp³-hybridized carbons (Fsp3) is 0.490.